The Hall–Kier alpha value is -1.49. The fourth-order valence-corrected chi connectivity index (χ4v) is 1.95. The average Bonchev–Trinajstić information content (AvgIpc) is 2.32. The maximum Gasteiger partial charge on any atom is 0.223 e. The largest absolute Gasteiger partial charge is 0.439 e. The van der Waals surface area contributed by atoms with Gasteiger partial charge in [-0.3, -0.25) is 0 Å². The Morgan fingerprint density at radius 1 is 1.15 bits per heavy atom. The van der Waals surface area contributed by atoms with Crippen LogP contribution in [0.4, 0.5) is 4.39 Å². The molecule has 0 amide bonds. The molecule has 3 nitrogen and oxygen atoms in total. The molecule has 2 rings (SSSR count). The predicted octanol–water partition coefficient (Wildman–Crippen LogP) is 4.78. The Balaban J connectivity index is 2.33. The van der Waals surface area contributed by atoms with Gasteiger partial charge in [-0.05, 0) is 46.6 Å². The van der Waals surface area contributed by atoms with Gasteiger partial charge in [0.1, 0.15) is 22.0 Å². The van der Waals surface area contributed by atoms with Crippen molar-refractivity contribution in [1.29, 1.82) is 0 Å². The molecule has 0 radical (unpaired) electrons. The summed E-state index contributed by atoms with van der Waals surface area (Å²) >= 11 is 3.35. The third-order valence-electron chi connectivity index (χ3n) is 2.69. The van der Waals surface area contributed by atoms with E-state index in [1.54, 1.807) is 25.1 Å². The fourth-order valence-electron chi connectivity index (χ4n) is 1.59. The van der Waals surface area contributed by atoms with Gasteiger partial charge in [0, 0.05) is 11.5 Å². The molecule has 20 heavy (non-hydrogen) atoms. The fraction of sp³-hybridized carbons (Fsp3) is 0.333. The van der Waals surface area contributed by atoms with Gasteiger partial charge in [-0.1, -0.05) is 20.8 Å². The van der Waals surface area contributed by atoms with Crippen LogP contribution in [0.1, 0.15) is 32.2 Å². The zero-order chi connectivity index (χ0) is 14.9. The van der Waals surface area contributed by atoms with E-state index >= 15 is 0 Å². The Kier molecular flexibility index (Phi) is 4.09. The van der Waals surface area contributed by atoms with Crippen LogP contribution in [0.25, 0.3) is 0 Å². The topological polar surface area (TPSA) is 35.0 Å². The Bertz CT molecular complexity index is 638. The lowest BCUT2D eigenvalue weighted by atomic mass is 9.96. The molecule has 0 aliphatic rings. The van der Waals surface area contributed by atoms with Crippen LogP contribution in [0.15, 0.2) is 28.9 Å². The van der Waals surface area contributed by atoms with Crippen LogP contribution in [-0.4, -0.2) is 9.97 Å². The number of rotatable bonds is 2. The first-order chi connectivity index (χ1) is 9.25. The Morgan fingerprint density at radius 2 is 1.85 bits per heavy atom. The molecule has 106 valence electrons. The number of aryl methyl sites for hydroxylation is 1. The molecule has 0 bridgehead atoms. The lowest BCUT2D eigenvalue weighted by molar-refractivity contribution is 0.443. The Morgan fingerprint density at radius 3 is 2.45 bits per heavy atom. The van der Waals surface area contributed by atoms with Gasteiger partial charge in [0.25, 0.3) is 0 Å². The second-order valence-electron chi connectivity index (χ2n) is 5.62. The van der Waals surface area contributed by atoms with E-state index in [-0.39, 0.29) is 11.2 Å². The SMILES string of the molecule is Cc1cc(Oc2cc(Br)nc(C(C)(C)C)n2)ccc1F. The summed E-state index contributed by atoms with van der Waals surface area (Å²) < 4.78 is 19.6. The van der Waals surface area contributed by atoms with Crippen LogP contribution in [0, 0.1) is 12.7 Å². The zero-order valence-corrected chi connectivity index (χ0v) is 13.5. The minimum Gasteiger partial charge on any atom is -0.439 e. The first-order valence-electron chi connectivity index (χ1n) is 6.25. The minimum atomic E-state index is -0.253. The monoisotopic (exact) mass is 338 g/mol. The zero-order valence-electron chi connectivity index (χ0n) is 11.9. The number of benzene rings is 1. The smallest absolute Gasteiger partial charge is 0.223 e. The maximum absolute atomic E-state index is 13.2. The molecule has 0 aliphatic carbocycles. The number of ether oxygens (including phenoxy) is 1. The number of aromatic nitrogens is 2. The van der Waals surface area contributed by atoms with E-state index < -0.39 is 0 Å². The summed E-state index contributed by atoms with van der Waals surface area (Å²) in [6, 6.07) is 6.29. The normalized spacial score (nSPS) is 11.5. The summed E-state index contributed by atoms with van der Waals surface area (Å²) in [4.78, 5) is 8.74. The van der Waals surface area contributed by atoms with Crippen LogP contribution in [-0.2, 0) is 5.41 Å². The summed E-state index contributed by atoms with van der Waals surface area (Å²) in [6.45, 7) is 7.78. The molecule has 0 atom stereocenters. The molecule has 0 saturated carbocycles. The van der Waals surface area contributed by atoms with Crippen molar-refractivity contribution in [2.24, 2.45) is 0 Å². The maximum atomic E-state index is 13.2. The third kappa shape index (κ3) is 3.54. The quantitative estimate of drug-likeness (QED) is 0.739. The van der Waals surface area contributed by atoms with Crippen molar-refractivity contribution in [3.63, 3.8) is 0 Å². The van der Waals surface area contributed by atoms with Crippen LogP contribution in [0.5, 0.6) is 11.6 Å². The highest BCUT2D eigenvalue weighted by Gasteiger charge is 2.19. The first kappa shape index (κ1) is 14.9. The molecule has 1 aromatic heterocycles. The van der Waals surface area contributed by atoms with Crippen molar-refractivity contribution >= 4 is 15.9 Å². The molecule has 0 spiro atoms. The van der Waals surface area contributed by atoms with Gasteiger partial charge >= 0.3 is 0 Å². The third-order valence-corrected chi connectivity index (χ3v) is 3.10. The van der Waals surface area contributed by atoms with E-state index in [0.717, 1.165) is 0 Å². The van der Waals surface area contributed by atoms with E-state index in [1.165, 1.54) is 6.07 Å². The number of nitrogens with zero attached hydrogens (tertiary/aromatic N) is 2. The summed E-state index contributed by atoms with van der Waals surface area (Å²) in [7, 11) is 0. The van der Waals surface area contributed by atoms with Crippen molar-refractivity contribution in [2.75, 3.05) is 0 Å². The van der Waals surface area contributed by atoms with Gasteiger partial charge in [-0.25, -0.2) is 9.37 Å². The molecule has 0 N–H and O–H groups in total. The molecule has 0 saturated heterocycles. The minimum absolute atomic E-state index is 0.180. The molecule has 2 aromatic rings. The number of hydrogen-bond donors (Lipinski definition) is 0. The highest BCUT2D eigenvalue weighted by atomic mass is 79.9. The lowest BCUT2D eigenvalue weighted by Gasteiger charge is -2.17. The van der Waals surface area contributed by atoms with Gasteiger partial charge in [0.2, 0.25) is 5.88 Å². The number of halogens is 2. The molecule has 0 fully saturated rings. The van der Waals surface area contributed by atoms with Gasteiger partial charge in [-0.15, -0.1) is 0 Å². The van der Waals surface area contributed by atoms with Gasteiger partial charge in [0.05, 0.1) is 0 Å². The van der Waals surface area contributed by atoms with Crippen LogP contribution in [0.2, 0.25) is 0 Å². The van der Waals surface area contributed by atoms with Crippen molar-refractivity contribution in [1.82, 2.24) is 9.97 Å². The van der Waals surface area contributed by atoms with Gasteiger partial charge in [-0.2, -0.15) is 4.98 Å². The summed E-state index contributed by atoms with van der Waals surface area (Å²) in [5.41, 5.74) is 0.354. The standard InChI is InChI=1S/C15H16BrFN2O/c1-9-7-10(5-6-11(9)17)20-13-8-12(16)18-14(19-13)15(2,3)4/h5-8H,1-4H3. The molecule has 5 heteroatoms. The van der Waals surface area contributed by atoms with Crippen LogP contribution in [0.3, 0.4) is 0 Å². The molecular formula is C15H16BrFN2O. The second kappa shape index (κ2) is 5.48. The van der Waals surface area contributed by atoms with E-state index in [2.05, 4.69) is 25.9 Å². The molecule has 1 heterocycles. The Labute approximate surface area is 126 Å². The van der Waals surface area contributed by atoms with Gasteiger partial charge < -0.3 is 4.74 Å². The highest BCUT2D eigenvalue weighted by molar-refractivity contribution is 9.10. The van der Waals surface area contributed by atoms with Crippen molar-refractivity contribution in [3.8, 4) is 11.6 Å². The molecule has 0 unspecified atom stereocenters. The first-order valence-corrected chi connectivity index (χ1v) is 7.04. The van der Waals surface area contributed by atoms with Crippen molar-refractivity contribution in [3.05, 3.63) is 46.1 Å². The average molecular weight is 339 g/mol. The molecule has 1 aromatic carbocycles. The lowest BCUT2D eigenvalue weighted by Crippen LogP contribution is -2.16. The van der Waals surface area contributed by atoms with E-state index in [4.69, 9.17) is 4.74 Å². The highest BCUT2D eigenvalue weighted by Crippen LogP contribution is 2.27. The van der Waals surface area contributed by atoms with Crippen molar-refractivity contribution in [2.45, 2.75) is 33.1 Å². The van der Waals surface area contributed by atoms with E-state index in [1.807, 2.05) is 20.8 Å². The van der Waals surface area contributed by atoms with Crippen LogP contribution < -0.4 is 4.74 Å². The van der Waals surface area contributed by atoms with Crippen molar-refractivity contribution < 1.29 is 9.13 Å². The predicted molar refractivity (Wildman–Crippen MR) is 79.6 cm³/mol. The summed E-state index contributed by atoms with van der Waals surface area (Å²) in [6.07, 6.45) is 0. The molecular weight excluding hydrogens is 323 g/mol. The van der Waals surface area contributed by atoms with E-state index in [9.17, 15) is 4.39 Å². The number of hydrogen-bond acceptors (Lipinski definition) is 3. The molecule has 0 aliphatic heterocycles. The van der Waals surface area contributed by atoms with E-state index in [0.29, 0.717) is 27.6 Å². The van der Waals surface area contributed by atoms with Crippen LogP contribution >= 0.6 is 15.9 Å². The van der Waals surface area contributed by atoms with Gasteiger partial charge in [0.15, 0.2) is 0 Å². The summed E-state index contributed by atoms with van der Waals surface area (Å²) in [5.74, 6) is 1.41. The summed E-state index contributed by atoms with van der Waals surface area (Å²) in [5, 5.41) is 0. The second-order valence-corrected chi connectivity index (χ2v) is 6.43.